The minimum atomic E-state index is 0.585. The summed E-state index contributed by atoms with van der Waals surface area (Å²) in [5.74, 6) is 1.62. The predicted molar refractivity (Wildman–Crippen MR) is 119 cm³/mol. The topological polar surface area (TPSA) is 72.3 Å². The number of hydrogen-bond donors (Lipinski definition) is 1. The summed E-state index contributed by atoms with van der Waals surface area (Å²) in [6.45, 7) is 4.97. The van der Waals surface area contributed by atoms with Gasteiger partial charge in [0.1, 0.15) is 5.82 Å². The van der Waals surface area contributed by atoms with Crippen LogP contribution in [0.5, 0.6) is 0 Å². The number of tetrazole rings is 1. The fraction of sp³-hybridized carbons (Fsp3) is 0.304. The first-order valence-electron chi connectivity index (χ1n) is 10.4. The zero-order chi connectivity index (χ0) is 20.9. The van der Waals surface area contributed by atoms with E-state index < -0.39 is 0 Å². The van der Waals surface area contributed by atoms with Crippen molar-refractivity contribution in [3.8, 4) is 22.5 Å². The Labute approximate surface area is 181 Å². The number of unbranched alkanes of at least 4 members (excludes halogenated alkanes) is 1. The van der Waals surface area contributed by atoms with E-state index in [0.29, 0.717) is 17.5 Å². The summed E-state index contributed by atoms with van der Waals surface area (Å²) in [5.41, 5.74) is 5.40. The highest BCUT2D eigenvalue weighted by Gasteiger charge is 2.18. The van der Waals surface area contributed by atoms with E-state index in [1.165, 1.54) is 0 Å². The fourth-order valence-corrected chi connectivity index (χ4v) is 4.07. The molecule has 7 heteroatoms. The van der Waals surface area contributed by atoms with E-state index in [-0.39, 0.29) is 0 Å². The zero-order valence-electron chi connectivity index (χ0n) is 17.3. The van der Waals surface area contributed by atoms with Crippen LogP contribution in [0.15, 0.2) is 48.5 Å². The maximum atomic E-state index is 6.47. The second-order valence-corrected chi connectivity index (χ2v) is 7.64. The second kappa shape index (κ2) is 9.22. The number of aromatic nitrogens is 6. The standard InChI is InChI=1S/C23H25ClN6/c1-3-5-11-21-25-22(24)20(4-2)30(21)15-18-13-12-17(16-9-7-6-8-10-16)14-19(18)23-26-28-29-27-23/h6-10,12-14H,3-5,11,15H2,1-2H3,(H,26,27,28,29). The van der Waals surface area contributed by atoms with E-state index in [0.717, 1.165) is 59.5 Å². The Morgan fingerprint density at radius 2 is 1.87 bits per heavy atom. The summed E-state index contributed by atoms with van der Waals surface area (Å²) in [6, 6.07) is 16.7. The first-order valence-corrected chi connectivity index (χ1v) is 10.7. The Hall–Kier alpha value is -2.99. The van der Waals surface area contributed by atoms with E-state index in [1.807, 2.05) is 18.2 Å². The van der Waals surface area contributed by atoms with Gasteiger partial charge in [-0.15, -0.1) is 10.2 Å². The number of benzene rings is 2. The largest absolute Gasteiger partial charge is 0.326 e. The third-order valence-corrected chi connectivity index (χ3v) is 5.63. The van der Waals surface area contributed by atoms with Gasteiger partial charge in [0.2, 0.25) is 5.82 Å². The number of halogens is 1. The van der Waals surface area contributed by atoms with Crippen LogP contribution in [-0.2, 0) is 19.4 Å². The molecule has 6 nitrogen and oxygen atoms in total. The Kier molecular flexibility index (Phi) is 6.23. The molecular formula is C23H25ClN6. The van der Waals surface area contributed by atoms with Crippen LogP contribution >= 0.6 is 11.6 Å². The molecule has 0 aliphatic rings. The highest BCUT2D eigenvalue weighted by molar-refractivity contribution is 6.30. The molecule has 30 heavy (non-hydrogen) atoms. The van der Waals surface area contributed by atoms with E-state index in [9.17, 15) is 0 Å². The van der Waals surface area contributed by atoms with Gasteiger partial charge >= 0.3 is 0 Å². The van der Waals surface area contributed by atoms with Crippen LogP contribution in [0.3, 0.4) is 0 Å². The summed E-state index contributed by atoms with van der Waals surface area (Å²) >= 11 is 6.47. The molecule has 1 N–H and O–H groups in total. The van der Waals surface area contributed by atoms with Crippen molar-refractivity contribution in [1.82, 2.24) is 30.2 Å². The average molecular weight is 421 g/mol. The van der Waals surface area contributed by atoms with Gasteiger partial charge in [-0.25, -0.2) is 4.98 Å². The van der Waals surface area contributed by atoms with E-state index in [1.54, 1.807) is 0 Å². The molecule has 4 aromatic rings. The van der Waals surface area contributed by atoms with Crippen LogP contribution < -0.4 is 0 Å². The molecule has 154 valence electrons. The van der Waals surface area contributed by atoms with Crippen molar-refractivity contribution in [2.75, 3.05) is 0 Å². The number of aromatic amines is 1. The van der Waals surface area contributed by atoms with Crippen LogP contribution in [0.2, 0.25) is 5.15 Å². The highest BCUT2D eigenvalue weighted by atomic mass is 35.5. The normalized spacial score (nSPS) is 11.2. The first-order chi connectivity index (χ1) is 14.7. The molecule has 0 radical (unpaired) electrons. The predicted octanol–water partition coefficient (Wildman–Crippen LogP) is 5.34. The molecule has 0 atom stereocenters. The van der Waals surface area contributed by atoms with Crippen LogP contribution in [0.4, 0.5) is 0 Å². The van der Waals surface area contributed by atoms with Gasteiger partial charge in [-0.3, -0.25) is 0 Å². The van der Waals surface area contributed by atoms with Crippen molar-refractivity contribution in [2.45, 2.75) is 46.1 Å². The molecule has 0 saturated carbocycles. The van der Waals surface area contributed by atoms with Crippen molar-refractivity contribution >= 4 is 11.6 Å². The number of imidazole rings is 1. The number of nitrogens with zero attached hydrogens (tertiary/aromatic N) is 5. The lowest BCUT2D eigenvalue weighted by Gasteiger charge is -2.15. The molecule has 0 saturated heterocycles. The minimum Gasteiger partial charge on any atom is -0.326 e. The number of H-pyrrole nitrogens is 1. The molecular weight excluding hydrogens is 396 g/mol. The molecule has 0 bridgehead atoms. The summed E-state index contributed by atoms with van der Waals surface area (Å²) in [7, 11) is 0. The third-order valence-electron chi connectivity index (χ3n) is 5.32. The molecule has 0 aliphatic carbocycles. The molecule has 2 heterocycles. The molecule has 2 aromatic carbocycles. The van der Waals surface area contributed by atoms with Crippen molar-refractivity contribution < 1.29 is 0 Å². The SMILES string of the molecule is CCCCc1nc(Cl)c(CC)n1Cc1ccc(-c2ccccc2)cc1-c1nn[nH]n1. The molecule has 2 aromatic heterocycles. The van der Waals surface area contributed by atoms with Crippen molar-refractivity contribution in [2.24, 2.45) is 0 Å². The van der Waals surface area contributed by atoms with Crippen molar-refractivity contribution in [3.05, 3.63) is 70.8 Å². The molecule has 0 fully saturated rings. The summed E-state index contributed by atoms with van der Waals surface area (Å²) in [6.07, 6.45) is 3.94. The van der Waals surface area contributed by atoms with Crippen molar-refractivity contribution in [1.29, 1.82) is 0 Å². The lowest BCUT2D eigenvalue weighted by Crippen LogP contribution is -2.10. The minimum absolute atomic E-state index is 0.585. The number of rotatable bonds is 8. The number of nitrogens with one attached hydrogen (secondary N) is 1. The highest BCUT2D eigenvalue weighted by Crippen LogP contribution is 2.30. The van der Waals surface area contributed by atoms with E-state index in [4.69, 9.17) is 11.6 Å². The first kappa shape index (κ1) is 20.3. The quantitative estimate of drug-likeness (QED) is 0.417. The van der Waals surface area contributed by atoms with Crippen molar-refractivity contribution in [3.63, 3.8) is 0 Å². The molecule has 0 aliphatic heterocycles. The average Bonchev–Trinajstić information content (AvgIpc) is 3.41. The van der Waals surface area contributed by atoms with Gasteiger partial charge < -0.3 is 4.57 Å². The van der Waals surface area contributed by atoms with Gasteiger partial charge in [-0.1, -0.05) is 74.3 Å². The lowest BCUT2D eigenvalue weighted by molar-refractivity contribution is 0.658. The Morgan fingerprint density at radius 1 is 1.03 bits per heavy atom. The third kappa shape index (κ3) is 4.14. The fourth-order valence-electron chi connectivity index (χ4n) is 3.73. The van der Waals surface area contributed by atoms with Gasteiger partial charge in [-0.2, -0.15) is 5.21 Å². The summed E-state index contributed by atoms with van der Waals surface area (Å²) in [5, 5.41) is 15.4. The monoisotopic (exact) mass is 420 g/mol. The van der Waals surface area contributed by atoms with Crippen LogP contribution in [0.25, 0.3) is 22.5 Å². The maximum absolute atomic E-state index is 6.47. The van der Waals surface area contributed by atoms with E-state index >= 15 is 0 Å². The number of aryl methyl sites for hydroxylation is 1. The number of hydrogen-bond acceptors (Lipinski definition) is 4. The van der Waals surface area contributed by atoms with Gasteiger partial charge in [0.25, 0.3) is 0 Å². The Bertz CT molecular complexity index is 1100. The Morgan fingerprint density at radius 3 is 2.57 bits per heavy atom. The lowest BCUT2D eigenvalue weighted by atomic mass is 9.98. The van der Waals surface area contributed by atoms with Gasteiger partial charge in [-0.05, 0) is 40.8 Å². The second-order valence-electron chi connectivity index (χ2n) is 7.28. The van der Waals surface area contributed by atoms with Crippen LogP contribution in [0.1, 0.15) is 43.8 Å². The van der Waals surface area contributed by atoms with Gasteiger partial charge in [0.05, 0.1) is 5.69 Å². The summed E-state index contributed by atoms with van der Waals surface area (Å²) in [4.78, 5) is 4.65. The van der Waals surface area contributed by atoms with E-state index in [2.05, 4.69) is 74.4 Å². The molecule has 0 spiro atoms. The van der Waals surface area contributed by atoms with Crippen LogP contribution in [-0.4, -0.2) is 30.2 Å². The molecule has 0 unspecified atom stereocenters. The molecule has 0 amide bonds. The zero-order valence-corrected chi connectivity index (χ0v) is 18.0. The molecule has 4 rings (SSSR count). The van der Waals surface area contributed by atoms with Gasteiger partial charge in [0.15, 0.2) is 5.15 Å². The van der Waals surface area contributed by atoms with Crippen LogP contribution in [0, 0.1) is 0 Å². The van der Waals surface area contributed by atoms with Gasteiger partial charge in [0, 0.05) is 18.5 Å². The summed E-state index contributed by atoms with van der Waals surface area (Å²) < 4.78 is 2.25. The Balaban J connectivity index is 1.78. The smallest absolute Gasteiger partial charge is 0.205 e. The maximum Gasteiger partial charge on any atom is 0.205 e.